The summed E-state index contributed by atoms with van der Waals surface area (Å²) in [6.07, 6.45) is -0.489. The van der Waals surface area contributed by atoms with Crippen LogP contribution in [0, 0.1) is 5.82 Å². The summed E-state index contributed by atoms with van der Waals surface area (Å²) in [5, 5.41) is 12.4. The standard InChI is InChI=1S/C24H18ClF4N7O/c1-3-20(37)31-15-8-9-17(26)18(10-15)32-22-16(13-4-6-14(7-5-13)24(27,28)29)11-30-23(34-22)33-19-12-36(2)35-21(19)25/h3-12H,1H2,2H3,(H,31,37)(H2,30,32,33,34). The number of hydrogen-bond acceptors (Lipinski definition) is 6. The van der Waals surface area contributed by atoms with Crippen molar-refractivity contribution in [2.75, 3.05) is 16.0 Å². The maximum absolute atomic E-state index is 14.7. The van der Waals surface area contributed by atoms with Gasteiger partial charge < -0.3 is 16.0 Å². The molecule has 37 heavy (non-hydrogen) atoms. The lowest BCUT2D eigenvalue weighted by atomic mass is 10.1. The fourth-order valence-electron chi connectivity index (χ4n) is 3.27. The molecule has 0 bridgehead atoms. The average Bonchev–Trinajstić information content (AvgIpc) is 3.17. The van der Waals surface area contributed by atoms with Gasteiger partial charge >= 0.3 is 6.18 Å². The molecule has 0 aliphatic heterocycles. The van der Waals surface area contributed by atoms with Gasteiger partial charge in [0, 0.05) is 30.7 Å². The second-order valence-electron chi connectivity index (χ2n) is 7.68. The van der Waals surface area contributed by atoms with E-state index in [1.54, 1.807) is 13.2 Å². The lowest BCUT2D eigenvalue weighted by Gasteiger charge is -2.15. The monoisotopic (exact) mass is 531 g/mol. The first kappa shape index (κ1) is 25.6. The zero-order valence-corrected chi connectivity index (χ0v) is 19.8. The van der Waals surface area contributed by atoms with Gasteiger partial charge in [0.2, 0.25) is 11.9 Å². The highest BCUT2D eigenvalue weighted by Gasteiger charge is 2.30. The minimum absolute atomic E-state index is 0.0564. The van der Waals surface area contributed by atoms with Crippen LogP contribution in [-0.2, 0) is 18.0 Å². The Labute approximate surface area is 213 Å². The molecule has 4 rings (SSSR count). The number of rotatable bonds is 7. The smallest absolute Gasteiger partial charge is 0.337 e. The number of aromatic nitrogens is 4. The first-order valence-corrected chi connectivity index (χ1v) is 10.9. The van der Waals surface area contributed by atoms with Crippen LogP contribution in [0.4, 0.5) is 46.4 Å². The van der Waals surface area contributed by atoms with Crippen LogP contribution in [0.25, 0.3) is 11.1 Å². The van der Waals surface area contributed by atoms with Gasteiger partial charge in [-0.05, 0) is 42.0 Å². The van der Waals surface area contributed by atoms with Crippen molar-refractivity contribution in [3.05, 3.63) is 84.0 Å². The average molecular weight is 532 g/mol. The van der Waals surface area contributed by atoms with Crippen LogP contribution >= 0.6 is 11.6 Å². The predicted molar refractivity (Wildman–Crippen MR) is 132 cm³/mol. The number of nitrogens with zero attached hydrogens (tertiary/aromatic N) is 4. The molecular weight excluding hydrogens is 514 g/mol. The van der Waals surface area contributed by atoms with Crippen molar-refractivity contribution in [1.29, 1.82) is 0 Å². The summed E-state index contributed by atoms with van der Waals surface area (Å²) in [6.45, 7) is 3.37. The number of carbonyl (C=O) groups is 1. The van der Waals surface area contributed by atoms with Crippen molar-refractivity contribution in [3.63, 3.8) is 0 Å². The number of anilines is 5. The molecule has 0 radical (unpaired) electrons. The second kappa shape index (κ2) is 10.3. The highest BCUT2D eigenvalue weighted by Crippen LogP contribution is 2.35. The van der Waals surface area contributed by atoms with Crippen LogP contribution in [0.2, 0.25) is 5.15 Å². The van der Waals surface area contributed by atoms with Crippen LogP contribution in [0.3, 0.4) is 0 Å². The summed E-state index contributed by atoms with van der Waals surface area (Å²) >= 11 is 6.09. The van der Waals surface area contributed by atoms with E-state index in [4.69, 9.17) is 11.6 Å². The third-order valence-electron chi connectivity index (χ3n) is 5.01. The normalized spacial score (nSPS) is 11.2. The molecule has 0 unspecified atom stereocenters. The second-order valence-corrected chi connectivity index (χ2v) is 8.03. The topological polar surface area (TPSA) is 96.8 Å². The van der Waals surface area contributed by atoms with E-state index in [0.717, 1.165) is 24.3 Å². The van der Waals surface area contributed by atoms with Crippen molar-refractivity contribution in [3.8, 4) is 11.1 Å². The number of amides is 1. The minimum Gasteiger partial charge on any atom is -0.337 e. The lowest BCUT2D eigenvalue weighted by Crippen LogP contribution is -2.08. The molecule has 0 fully saturated rings. The Morgan fingerprint density at radius 1 is 1.11 bits per heavy atom. The van der Waals surface area contributed by atoms with Gasteiger partial charge in [0.1, 0.15) is 11.6 Å². The molecule has 3 N–H and O–H groups in total. The van der Waals surface area contributed by atoms with Crippen LogP contribution in [0.5, 0.6) is 0 Å². The molecule has 190 valence electrons. The largest absolute Gasteiger partial charge is 0.416 e. The van der Waals surface area contributed by atoms with E-state index in [1.807, 2.05) is 0 Å². The number of carbonyl (C=O) groups excluding carboxylic acids is 1. The van der Waals surface area contributed by atoms with Crippen LogP contribution in [0.1, 0.15) is 5.56 Å². The molecule has 0 spiro atoms. The van der Waals surface area contributed by atoms with Gasteiger partial charge in [-0.25, -0.2) is 9.37 Å². The summed E-state index contributed by atoms with van der Waals surface area (Å²) in [4.78, 5) is 20.3. The molecule has 2 aromatic heterocycles. The zero-order chi connectivity index (χ0) is 26.7. The van der Waals surface area contributed by atoms with Crippen molar-refractivity contribution in [2.45, 2.75) is 6.18 Å². The highest BCUT2D eigenvalue weighted by molar-refractivity contribution is 6.32. The van der Waals surface area contributed by atoms with Crippen molar-refractivity contribution >= 4 is 46.3 Å². The Morgan fingerprint density at radius 2 is 1.84 bits per heavy atom. The summed E-state index contributed by atoms with van der Waals surface area (Å²) in [7, 11) is 1.67. The van der Waals surface area contributed by atoms with Gasteiger partial charge in [-0.15, -0.1) is 0 Å². The number of hydrogen-bond donors (Lipinski definition) is 3. The number of halogens is 5. The van der Waals surface area contributed by atoms with E-state index in [2.05, 4.69) is 37.6 Å². The molecule has 2 heterocycles. The number of benzene rings is 2. The van der Waals surface area contributed by atoms with Crippen molar-refractivity contribution in [1.82, 2.24) is 19.7 Å². The van der Waals surface area contributed by atoms with Gasteiger partial charge in [-0.1, -0.05) is 30.3 Å². The highest BCUT2D eigenvalue weighted by atomic mass is 35.5. The molecule has 0 saturated carbocycles. The van der Waals surface area contributed by atoms with E-state index in [1.165, 1.54) is 35.1 Å². The Morgan fingerprint density at radius 3 is 2.46 bits per heavy atom. The SMILES string of the molecule is C=CC(=O)Nc1ccc(F)c(Nc2nc(Nc3cn(C)nc3Cl)ncc2-c2ccc(C(F)(F)F)cc2)c1. The van der Waals surface area contributed by atoms with Gasteiger partial charge in [0.25, 0.3) is 0 Å². The van der Waals surface area contributed by atoms with Crippen LogP contribution < -0.4 is 16.0 Å². The molecule has 1 amide bonds. The summed E-state index contributed by atoms with van der Waals surface area (Å²) in [5.41, 5.74) is 0.429. The van der Waals surface area contributed by atoms with E-state index in [0.29, 0.717) is 11.3 Å². The summed E-state index contributed by atoms with van der Waals surface area (Å²) < 4.78 is 55.3. The quantitative estimate of drug-likeness (QED) is 0.191. The van der Waals surface area contributed by atoms with Gasteiger partial charge in [-0.2, -0.15) is 23.3 Å². The first-order chi connectivity index (χ1) is 17.5. The minimum atomic E-state index is -4.51. The fraction of sp³-hybridized carbons (Fsp3) is 0.0833. The van der Waals surface area contributed by atoms with E-state index < -0.39 is 23.5 Å². The molecule has 0 saturated heterocycles. The number of aryl methyl sites for hydroxylation is 1. The van der Waals surface area contributed by atoms with Gasteiger partial charge in [0.05, 0.1) is 16.9 Å². The third kappa shape index (κ3) is 6.04. The van der Waals surface area contributed by atoms with Gasteiger partial charge in [-0.3, -0.25) is 9.48 Å². The molecule has 0 aliphatic rings. The van der Waals surface area contributed by atoms with Crippen LogP contribution in [0.15, 0.2) is 67.5 Å². The van der Waals surface area contributed by atoms with Gasteiger partial charge in [0.15, 0.2) is 5.15 Å². The lowest BCUT2D eigenvalue weighted by molar-refractivity contribution is -0.137. The molecule has 4 aromatic rings. The fourth-order valence-corrected chi connectivity index (χ4v) is 3.49. The van der Waals surface area contributed by atoms with Crippen molar-refractivity contribution < 1.29 is 22.4 Å². The third-order valence-corrected chi connectivity index (χ3v) is 5.29. The van der Waals surface area contributed by atoms with E-state index in [9.17, 15) is 22.4 Å². The Kier molecular flexibility index (Phi) is 7.11. The first-order valence-electron chi connectivity index (χ1n) is 10.5. The maximum atomic E-state index is 14.7. The molecule has 0 atom stereocenters. The molecular formula is C24H18ClF4N7O. The van der Waals surface area contributed by atoms with E-state index in [-0.39, 0.29) is 33.9 Å². The van der Waals surface area contributed by atoms with Crippen LogP contribution in [-0.4, -0.2) is 25.7 Å². The molecule has 13 heteroatoms. The van der Waals surface area contributed by atoms with Crippen molar-refractivity contribution in [2.24, 2.45) is 7.05 Å². The Bertz CT molecular complexity index is 1470. The maximum Gasteiger partial charge on any atom is 0.416 e. The number of nitrogens with one attached hydrogen (secondary N) is 3. The summed E-state index contributed by atoms with van der Waals surface area (Å²) in [6, 6.07) is 8.19. The molecule has 8 nitrogen and oxygen atoms in total. The molecule has 2 aromatic carbocycles. The Hall–Kier alpha value is -4.45. The zero-order valence-electron chi connectivity index (χ0n) is 19.1. The molecule has 0 aliphatic carbocycles. The van der Waals surface area contributed by atoms with E-state index >= 15 is 0 Å². The number of alkyl halides is 3. The predicted octanol–water partition coefficient (Wildman–Crippen LogP) is 6.30. The summed E-state index contributed by atoms with van der Waals surface area (Å²) in [5.74, 6) is -1.03. The Balaban J connectivity index is 1.75.